The van der Waals surface area contributed by atoms with Crippen molar-refractivity contribution in [1.82, 2.24) is 33.6 Å². The number of rotatable bonds is 7. The van der Waals surface area contributed by atoms with Crippen molar-refractivity contribution in [2.24, 2.45) is 0 Å². The quantitative estimate of drug-likeness (QED) is 0.160. The van der Waals surface area contributed by atoms with E-state index in [1.165, 1.54) is 21.5 Å². The van der Waals surface area contributed by atoms with Gasteiger partial charge in [0.05, 0.1) is 61.6 Å². The van der Waals surface area contributed by atoms with E-state index < -0.39 is 0 Å². The van der Waals surface area contributed by atoms with Crippen molar-refractivity contribution in [2.45, 2.75) is 0 Å². The molecule has 6 aromatic heterocycles. The first-order chi connectivity index (χ1) is 34.2. The summed E-state index contributed by atoms with van der Waals surface area (Å²) >= 11 is 0. The van der Waals surface area contributed by atoms with E-state index in [1.807, 2.05) is 48.8 Å². The largest absolute Gasteiger partial charge is 0.307 e. The third-order valence-electron chi connectivity index (χ3n) is 13.6. The first-order valence-corrected chi connectivity index (χ1v) is 23.2. The maximum absolute atomic E-state index is 5.17. The molecule has 0 unspecified atom stereocenters. The van der Waals surface area contributed by atoms with Gasteiger partial charge in [-0.2, -0.15) is 0 Å². The van der Waals surface area contributed by atoms with Gasteiger partial charge in [0.1, 0.15) is 11.0 Å². The zero-order valence-electron chi connectivity index (χ0n) is 37.1. The lowest BCUT2D eigenvalue weighted by molar-refractivity contribution is 1.05. The van der Waals surface area contributed by atoms with Crippen molar-refractivity contribution in [1.29, 1.82) is 0 Å². The maximum Gasteiger partial charge on any atom is 0.160 e. The fourth-order valence-corrected chi connectivity index (χ4v) is 10.5. The minimum absolute atomic E-state index is 0.689. The van der Waals surface area contributed by atoms with Gasteiger partial charge in [-0.1, -0.05) is 158 Å². The topological polar surface area (TPSA) is 66.3 Å². The Labute approximate surface area is 396 Å². The lowest BCUT2D eigenvalue weighted by Crippen LogP contribution is -2.10. The zero-order chi connectivity index (χ0) is 45.4. The van der Waals surface area contributed by atoms with Crippen molar-refractivity contribution in [2.75, 3.05) is 0 Å². The highest BCUT2D eigenvalue weighted by Gasteiger charge is 2.26. The van der Waals surface area contributed by atoms with Gasteiger partial charge in [0, 0.05) is 50.6 Å². The van der Waals surface area contributed by atoms with Crippen molar-refractivity contribution in [3.8, 4) is 62.1 Å². The number of pyridine rings is 2. The van der Waals surface area contributed by atoms with E-state index in [0.29, 0.717) is 5.82 Å². The molecule has 0 N–H and O–H groups in total. The summed E-state index contributed by atoms with van der Waals surface area (Å²) < 4.78 is 7.30. The number of fused-ring (bicyclic) bond motifs is 9. The van der Waals surface area contributed by atoms with E-state index in [9.17, 15) is 0 Å². The molecule has 0 aliphatic heterocycles. The molecular weight excluding hydrogens is 843 g/mol. The molecule has 0 radical (unpaired) electrons. The molecule has 7 heteroatoms. The SMILES string of the molecule is c1ccc(-c2cc(-c3ccc(-c4cc(-n5c6ccccc6c6ccccc65)c(-n5c6cccnc6c6ncccc65)c(-n5c6ccccc6c6ccccc65)c4)cc3)nc(-c3ccccc3)n2)cc1. The molecule has 0 bridgehead atoms. The van der Waals surface area contributed by atoms with Crippen molar-refractivity contribution in [3.05, 3.63) is 237 Å². The summed E-state index contributed by atoms with van der Waals surface area (Å²) in [5.74, 6) is 0.689. The summed E-state index contributed by atoms with van der Waals surface area (Å²) in [5, 5.41) is 4.75. The molecule has 0 fully saturated rings. The molecule has 0 saturated heterocycles. The molecule has 6 heterocycles. The van der Waals surface area contributed by atoms with Crippen LogP contribution in [0.2, 0.25) is 0 Å². The van der Waals surface area contributed by atoms with Crippen LogP contribution in [0.15, 0.2) is 237 Å². The Morgan fingerprint density at radius 1 is 0.275 bits per heavy atom. The Morgan fingerprint density at radius 3 is 1.12 bits per heavy atom. The van der Waals surface area contributed by atoms with Gasteiger partial charge in [-0.25, -0.2) is 9.97 Å². The summed E-state index contributed by atoms with van der Waals surface area (Å²) in [4.78, 5) is 20.2. The van der Waals surface area contributed by atoms with Gasteiger partial charge in [-0.05, 0) is 77.9 Å². The van der Waals surface area contributed by atoms with Crippen molar-refractivity contribution >= 4 is 65.7 Å². The average Bonchev–Trinajstić information content (AvgIpc) is 4.07. The molecule has 0 spiro atoms. The van der Waals surface area contributed by atoms with Gasteiger partial charge in [0.15, 0.2) is 5.82 Å². The van der Waals surface area contributed by atoms with Crippen LogP contribution in [-0.2, 0) is 0 Å². The van der Waals surface area contributed by atoms with Gasteiger partial charge >= 0.3 is 0 Å². The molecule has 14 rings (SSSR count). The predicted molar refractivity (Wildman–Crippen MR) is 282 cm³/mol. The van der Waals surface area contributed by atoms with E-state index >= 15 is 0 Å². The molecular formula is C62H39N7. The number of hydrogen-bond donors (Lipinski definition) is 0. The van der Waals surface area contributed by atoms with Gasteiger partial charge < -0.3 is 13.7 Å². The molecule has 0 aliphatic carbocycles. The highest BCUT2D eigenvalue weighted by molar-refractivity contribution is 6.13. The second-order valence-electron chi connectivity index (χ2n) is 17.5. The standard InChI is InChI=1S/C62H39N7/c1-3-17-41(18-4-1)49-39-50(66-62(65-49)43-19-5-2-6-20-43)42-33-31-40(32-34-42)44-37-57(67-51-25-11-7-21-45(51)46-22-8-12-26-52(46)67)61(69-55-29-15-35-63-59(55)60-56(69)30-16-36-64-60)58(38-44)68-53-27-13-9-23-47(53)48-24-10-14-28-54(48)68/h1-39H. The smallest absolute Gasteiger partial charge is 0.160 e. The molecule has 69 heavy (non-hydrogen) atoms. The maximum atomic E-state index is 5.17. The van der Waals surface area contributed by atoms with Gasteiger partial charge in [-0.15, -0.1) is 0 Å². The van der Waals surface area contributed by atoms with Gasteiger partial charge in [0.2, 0.25) is 0 Å². The molecule has 7 nitrogen and oxygen atoms in total. The van der Waals surface area contributed by atoms with Crippen LogP contribution < -0.4 is 0 Å². The predicted octanol–water partition coefficient (Wildman–Crippen LogP) is 15.2. The summed E-state index contributed by atoms with van der Waals surface area (Å²) in [6.07, 6.45) is 3.73. The van der Waals surface area contributed by atoms with E-state index in [2.05, 4.69) is 202 Å². The van der Waals surface area contributed by atoms with Crippen LogP contribution >= 0.6 is 0 Å². The Morgan fingerprint density at radius 2 is 0.652 bits per heavy atom. The monoisotopic (exact) mass is 881 g/mol. The summed E-state index contributed by atoms with van der Waals surface area (Å²) in [6.45, 7) is 0. The van der Waals surface area contributed by atoms with Crippen LogP contribution in [0.3, 0.4) is 0 Å². The van der Waals surface area contributed by atoms with Crippen molar-refractivity contribution < 1.29 is 0 Å². The highest BCUT2D eigenvalue weighted by Crippen LogP contribution is 2.44. The van der Waals surface area contributed by atoms with Gasteiger partial charge in [0.25, 0.3) is 0 Å². The molecule has 0 saturated carbocycles. The Balaban J connectivity index is 1.09. The normalized spacial score (nSPS) is 11.8. The number of nitrogens with zero attached hydrogens (tertiary/aromatic N) is 7. The minimum atomic E-state index is 0.689. The summed E-state index contributed by atoms with van der Waals surface area (Å²) in [5.41, 5.74) is 18.0. The fourth-order valence-electron chi connectivity index (χ4n) is 10.5. The summed E-state index contributed by atoms with van der Waals surface area (Å²) in [6, 6.07) is 79.6. The van der Waals surface area contributed by atoms with Crippen LogP contribution in [0.4, 0.5) is 0 Å². The Bertz CT molecular complexity index is 3950. The zero-order valence-corrected chi connectivity index (χ0v) is 37.1. The fraction of sp³-hybridized carbons (Fsp3) is 0. The van der Waals surface area contributed by atoms with Crippen molar-refractivity contribution in [3.63, 3.8) is 0 Å². The highest BCUT2D eigenvalue weighted by atomic mass is 15.1. The summed E-state index contributed by atoms with van der Waals surface area (Å²) in [7, 11) is 0. The second-order valence-corrected chi connectivity index (χ2v) is 17.5. The van der Waals surface area contributed by atoms with E-state index in [0.717, 1.165) is 100 Å². The van der Waals surface area contributed by atoms with E-state index in [-0.39, 0.29) is 0 Å². The third kappa shape index (κ3) is 6.14. The molecule has 0 atom stereocenters. The van der Waals surface area contributed by atoms with Crippen LogP contribution in [0.5, 0.6) is 0 Å². The number of hydrogen-bond acceptors (Lipinski definition) is 4. The first kappa shape index (κ1) is 38.8. The van der Waals surface area contributed by atoms with E-state index in [1.54, 1.807) is 0 Å². The molecule has 322 valence electrons. The molecule has 0 aliphatic rings. The first-order valence-electron chi connectivity index (χ1n) is 23.2. The van der Waals surface area contributed by atoms with Crippen LogP contribution in [0, 0.1) is 0 Å². The molecule has 0 amide bonds. The second kappa shape index (κ2) is 15.6. The van der Waals surface area contributed by atoms with Gasteiger partial charge in [-0.3, -0.25) is 9.97 Å². The van der Waals surface area contributed by atoms with E-state index in [4.69, 9.17) is 19.9 Å². The molecule has 14 aromatic rings. The Kier molecular flexibility index (Phi) is 8.75. The third-order valence-corrected chi connectivity index (χ3v) is 13.6. The van der Waals surface area contributed by atoms with Crippen LogP contribution in [0.25, 0.3) is 128 Å². The number of benzene rings is 8. The lowest BCUT2D eigenvalue weighted by Gasteiger charge is -2.23. The Hall–Kier alpha value is -9.46. The van der Waals surface area contributed by atoms with Crippen LogP contribution in [0.1, 0.15) is 0 Å². The lowest BCUT2D eigenvalue weighted by atomic mass is 9.99. The average molecular weight is 882 g/mol. The van der Waals surface area contributed by atoms with Crippen LogP contribution in [-0.4, -0.2) is 33.6 Å². The minimum Gasteiger partial charge on any atom is -0.307 e. The number of para-hydroxylation sites is 4. The number of aromatic nitrogens is 7. The molecule has 8 aromatic carbocycles.